The highest BCUT2D eigenvalue weighted by molar-refractivity contribution is 5.95. The summed E-state index contributed by atoms with van der Waals surface area (Å²) in [6.07, 6.45) is 2.39. The highest BCUT2D eigenvalue weighted by Gasteiger charge is 2.37. The lowest BCUT2D eigenvalue weighted by atomic mass is 9.82. The van der Waals surface area contributed by atoms with E-state index in [-0.39, 0.29) is 17.7 Å². The Morgan fingerprint density at radius 3 is 2.50 bits per heavy atom. The maximum Gasteiger partial charge on any atom is 0.325 e. The van der Waals surface area contributed by atoms with E-state index in [0.29, 0.717) is 19.4 Å². The minimum atomic E-state index is -0.974. The summed E-state index contributed by atoms with van der Waals surface area (Å²) in [6.45, 7) is 11.1. The fraction of sp³-hybridized carbons (Fsp3) is 0.441. The quantitative estimate of drug-likeness (QED) is 0.362. The van der Waals surface area contributed by atoms with Gasteiger partial charge in [-0.05, 0) is 81.2 Å². The van der Waals surface area contributed by atoms with Crippen LogP contribution in [0.3, 0.4) is 0 Å². The number of aromatic nitrogens is 1. The molecular formula is C34H41N5O5. The number of ether oxygens (including phenoxy) is 1. The number of carbonyl (C=O) groups is 4. The topological polar surface area (TPSA) is 130 Å². The Balaban J connectivity index is 1.55. The maximum atomic E-state index is 13.7. The van der Waals surface area contributed by atoms with Gasteiger partial charge in [-0.1, -0.05) is 44.2 Å². The fourth-order valence-corrected chi connectivity index (χ4v) is 5.66. The third kappa shape index (κ3) is 6.31. The van der Waals surface area contributed by atoms with Gasteiger partial charge in [-0.2, -0.15) is 0 Å². The Bertz CT molecular complexity index is 1600. The summed E-state index contributed by atoms with van der Waals surface area (Å²) < 4.78 is 5.86. The summed E-state index contributed by atoms with van der Waals surface area (Å²) in [5, 5.41) is 8.96. The van der Waals surface area contributed by atoms with Crippen molar-refractivity contribution in [2.24, 2.45) is 5.92 Å². The molecule has 1 fully saturated rings. The molecule has 3 amide bonds. The zero-order chi connectivity index (χ0) is 31.8. The van der Waals surface area contributed by atoms with Crippen LogP contribution in [0.4, 0.5) is 0 Å². The van der Waals surface area contributed by atoms with Crippen LogP contribution in [0.25, 0.3) is 22.0 Å². The van der Waals surface area contributed by atoms with Crippen LogP contribution in [0, 0.1) is 5.92 Å². The molecular weight excluding hydrogens is 558 g/mol. The predicted molar refractivity (Wildman–Crippen MR) is 167 cm³/mol. The Labute approximate surface area is 257 Å². The number of rotatable bonds is 1. The molecule has 44 heavy (non-hydrogen) atoms. The molecule has 3 N–H and O–H groups in total. The second-order valence-electron chi connectivity index (χ2n) is 12.7. The number of nitrogens with one attached hydrogen (secondary N) is 3. The molecule has 2 aromatic carbocycles. The molecule has 10 nitrogen and oxygen atoms in total. The average molecular weight is 600 g/mol. The van der Waals surface area contributed by atoms with Crippen LogP contribution in [0.2, 0.25) is 0 Å². The minimum Gasteiger partial charge on any atom is -0.457 e. The van der Waals surface area contributed by atoms with Gasteiger partial charge in [0.05, 0.1) is 11.1 Å². The Morgan fingerprint density at radius 2 is 1.75 bits per heavy atom. The molecule has 2 aliphatic heterocycles. The van der Waals surface area contributed by atoms with Gasteiger partial charge in [-0.25, -0.2) is 5.43 Å². The number of hydrogen-bond donors (Lipinski definition) is 3. The standard InChI is InChI=1S/C34H41N5O5/c1-19(2)29-30(40)36-20(3)31(41)39-14-8-11-27(38-39)32(42)44-21(4)22-12-13-24-18-35-28(17-25(24)15-22)23-9-7-10-26(16-23)34(5,6)33(43)37-29/h7,9-10,12-13,15-21,27,29,38H,8,11,14H2,1-6H3,(H,36,40)(H,37,43)/t20-,21+,27?,29-/m0/s1. The lowest BCUT2D eigenvalue weighted by Crippen LogP contribution is -2.61. The molecule has 3 heterocycles. The Hall–Kier alpha value is -4.31. The molecule has 4 atom stereocenters. The van der Waals surface area contributed by atoms with E-state index in [0.717, 1.165) is 33.2 Å². The summed E-state index contributed by atoms with van der Waals surface area (Å²) in [4.78, 5) is 58.3. The zero-order valence-corrected chi connectivity index (χ0v) is 26.1. The highest BCUT2D eigenvalue weighted by atomic mass is 16.5. The number of hydrogen-bond acceptors (Lipinski definition) is 7. The normalized spacial score (nSPS) is 24.8. The van der Waals surface area contributed by atoms with E-state index >= 15 is 0 Å². The number of fused-ring (bicyclic) bond motifs is 7. The molecule has 232 valence electrons. The second kappa shape index (κ2) is 12.4. The molecule has 0 aliphatic carbocycles. The molecule has 1 aromatic heterocycles. The van der Waals surface area contributed by atoms with Gasteiger partial charge < -0.3 is 15.4 Å². The van der Waals surface area contributed by atoms with Crippen molar-refractivity contribution in [1.82, 2.24) is 26.1 Å². The van der Waals surface area contributed by atoms with E-state index in [1.807, 2.05) is 83.1 Å². The predicted octanol–water partition coefficient (Wildman–Crippen LogP) is 3.94. The summed E-state index contributed by atoms with van der Waals surface area (Å²) in [6, 6.07) is 13.1. The number of cyclic esters (lactones) is 1. The number of amides is 3. The number of hydrazine groups is 1. The van der Waals surface area contributed by atoms with E-state index in [4.69, 9.17) is 4.74 Å². The zero-order valence-electron chi connectivity index (χ0n) is 26.1. The second-order valence-corrected chi connectivity index (χ2v) is 12.7. The van der Waals surface area contributed by atoms with E-state index < -0.39 is 41.5 Å². The first kappa shape index (κ1) is 31.1. The molecule has 3 aromatic rings. The first-order chi connectivity index (χ1) is 20.8. The van der Waals surface area contributed by atoms with Gasteiger partial charge in [0.15, 0.2) is 0 Å². The van der Waals surface area contributed by atoms with Crippen molar-refractivity contribution in [3.8, 4) is 11.3 Å². The third-order valence-corrected chi connectivity index (χ3v) is 8.66. The molecule has 10 heteroatoms. The fourth-order valence-electron chi connectivity index (χ4n) is 5.66. The highest BCUT2D eigenvalue weighted by Crippen LogP contribution is 2.31. The van der Waals surface area contributed by atoms with Crippen LogP contribution in [0.1, 0.15) is 71.6 Å². The number of esters is 1. The number of pyridine rings is 1. The minimum absolute atomic E-state index is 0.241. The van der Waals surface area contributed by atoms with Crippen LogP contribution in [0.15, 0.2) is 54.7 Å². The van der Waals surface area contributed by atoms with Crippen LogP contribution >= 0.6 is 0 Å². The Morgan fingerprint density at radius 1 is 0.977 bits per heavy atom. The van der Waals surface area contributed by atoms with Crippen LogP contribution in [-0.2, 0) is 29.3 Å². The molecule has 7 bridgehead atoms. The first-order valence-corrected chi connectivity index (χ1v) is 15.2. The van der Waals surface area contributed by atoms with Gasteiger partial charge in [0.25, 0.3) is 5.91 Å². The monoisotopic (exact) mass is 599 g/mol. The van der Waals surface area contributed by atoms with Crippen LogP contribution < -0.4 is 16.1 Å². The van der Waals surface area contributed by atoms with Gasteiger partial charge in [0.1, 0.15) is 24.2 Å². The van der Waals surface area contributed by atoms with Crippen LogP contribution in [-0.4, -0.2) is 58.4 Å². The van der Waals surface area contributed by atoms with Crippen LogP contribution in [0.5, 0.6) is 0 Å². The largest absolute Gasteiger partial charge is 0.457 e. The van der Waals surface area contributed by atoms with Crippen molar-refractivity contribution in [3.63, 3.8) is 0 Å². The Kier molecular flexibility index (Phi) is 8.74. The number of benzene rings is 2. The van der Waals surface area contributed by atoms with Crippen molar-refractivity contribution >= 4 is 34.5 Å². The summed E-state index contributed by atoms with van der Waals surface area (Å²) >= 11 is 0. The molecule has 0 saturated carbocycles. The van der Waals surface area contributed by atoms with E-state index in [9.17, 15) is 19.2 Å². The maximum absolute atomic E-state index is 13.7. The molecule has 5 rings (SSSR count). The average Bonchev–Trinajstić information content (AvgIpc) is 3.01. The van der Waals surface area contributed by atoms with E-state index in [1.165, 1.54) is 5.01 Å². The van der Waals surface area contributed by atoms with Crippen molar-refractivity contribution in [1.29, 1.82) is 0 Å². The van der Waals surface area contributed by atoms with Gasteiger partial charge >= 0.3 is 5.97 Å². The van der Waals surface area contributed by atoms with Gasteiger partial charge in [0.2, 0.25) is 11.8 Å². The number of carbonyl (C=O) groups excluding carboxylic acids is 4. The molecule has 1 saturated heterocycles. The first-order valence-electron chi connectivity index (χ1n) is 15.2. The number of nitrogens with zero attached hydrogens (tertiary/aromatic N) is 2. The molecule has 0 radical (unpaired) electrons. The van der Waals surface area contributed by atoms with Crippen molar-refractivity contribution in [2.75, 3.05) is 6.54 Å². The van der Waals surface area contributed by atoms with Crippen molar-refractivity contribution in [2.45, 2.75) is 84.0 Å². The molecule has 0 spiro atoms. The third-order valence-electron chi connectivity index (χ3n) is 8.66. The van der Waals surface area contributed by atoms with E-state index in [1.54, 1.807) is 13.1 Å². The smallest absolute Gasteiger partial charge is 0.325 e. The lowest BCUT2D eigenvalue weighted by Gasteiger charge is -2.35. The summed E-state index contributed by atoms with van der Waals surface area (Å²) in [5.41, 5.74) is 5.21. The summed E-state index contributed by atoms with van der Waals surface area (Å²) in [7, 11) is 0. The van der Waals surface area contributed by atoms with Crippen molar-refractivity contribution < 1.29 is 23.9 Å². The summed E-state index contributed by atoms with van der Waals surface area (Å²) in [5.74, 6) is -1.84. The van der Waals surface area contributed by atoms with E-state index in [2.05, 4.69) is 21.0 Å². The molecule has 1 unspecified atom stereocenters. The SMILES string of the molecule is CC(C)[C@@H]1NC(=O)C(C)(C)c2cccc(c2)-c2cc3cc(ccc3cn2)[C@@H](C)OC(=O)C2CCCN(N2)C(=O)[C@H](C)NC1=O. The van der Waals surface area contributed by atoms with Gasteiger partial charge in [-0.15, -0.1) is 0 Å². The van der Waals surface area contributed by atoms with Gasteiger partial charge in [0, 0.05) is 23.7 Å². The molecule has 2 aliphatic rings. The lowest BCUT2D eigenvalue weighted by molar-refractivity contribution is -0.157. The van der Waals surface area contributed by atoms with Crippen molar-refractivity contribution in [3.05, 3.63) is 65.9 Å². The van der Waals surface area contributed by atoms with Gasteiger partial charge in [-0.3, -0.25) is 29.2 Å².